The highest BCUT2D eigenvalue weighted by atomic mass is 35.5. The summed E-state index contributed by atoms with van der Waals surface area (Å²) in [6.45, 7) is 8.03. The zero-order chi connectivity index (χ0) is 20.4. The lowest BCUT2D eigenvalue weighted by Crippen LogP contribution is -2.50. The monoisotopic (exact) mass is 422 g/mol. The van der Waals surface area contributed by atoms with Gasteiger partial charge in [0.2, 0.25) is 5.91 Å². The van der Waals surface area contributed by atoms with Crippen molar-refractivity contribution < 1.29 is 4.79 Å². The van der Waals surface area contributed by atoms with E-state index in [2.05, 4.69) is 16.2 Å². The van der Waals surface area contributed by atoms with Crippen molar-refractivity contribution in [2.75, 3.05) is 10.7 Å². The number of carbonyl (C=O) groups is 1. The average Bonchev–Trinajstić information content (AvgIpc) is 3.03. The van der Waals surface area contributed by atoms with E-state index in [0.29, 0.717) is 16.0 Å². The molecule has 28 heavy (non-hydrogen) atoms. The number of hydrazine groups is 1. The summed E-state index contributed by atoms with van der Waals surface area (Å²) >= 11 is 7.58. The van der Waals surface area contributed by atoms with E-state index in [1.807, 2.05) is 50.8 Å². The van der Waals surface area contributed by atoms with Gasteiger partial charge in [0.25, 0.3) is 0 Å². The van der Waals surface area contributed by atoms with Gasteiger partial charge < -0.3 is 5.32 Å². The number of aryl methyl sites for hydroxylation is 1. The van der Waals surface area contributed by atoms with Crippen LogP contribution in [0.5, 0.6) is 0 Å². The number of hydrogen-bond acceptors (Lipinski definition) is 6. The van der Waals surface area contributed by atoms with E-state index < -0.39 is 0 Å². The van der Waals surface area contributed by atoms with Crippen LogP contribution < -0.4 is 21.1 Å². The van der Waals surface area contributed by atoms with Gasteiger partial charge in [0.1, 0.15) is 12.0 Å². The quantitative estimate of drug-likeness (QED) is 0.585. The maximum Gasteiger partial charge on any atom is 0.230 e. The maximum absolute atomic E-state index is 12.3. The molecule has 1 fully saturated rings. The van der Waals surface area contributed by atoms with Crippen LogP contribution in [0.4, 0.5) is 5.69 Å². The summed E-state index contributed by atoms with van der Waals surface area (Å²) in [6.07, 6.45) is 0.658. The molecule has 0 aromatic heterocycles. The Bertz CT molecular complexity index is 801. The van der Waals surface area contributed by atoms with Gasteiger partial charge in [-0.1, -0.05) is 36.4 Å². The summed E-state index contributed by atoms with van der Waals surface area (Å²) in [6, 6.07) is 5.83. The first-order valence-electron chi connectivity index (χ1n) is 9.47. The standard InChI is InChI=1S/C19H27ClN6OS/c1-5-11(3)22-15(27)9-28-19-23-18-16(12(4)24-25-18)17(21)26(19)14-8-13(20)7-6-10(14)2/h6-8,11-12,16,18,21,24-25H,5,9H2,1-4H3,(H,22,27). The van der Waals surface area contributed by atoms with Gasteiger partial charge in [0.05, 0.1) is 17.4 Å². The third kappa shape index (κ3) is 4.35. The second-order valence-electron chi connectivity index (χ2n) is 7.28. The number of anilines is 1. The van der Waals surface area contributed by atoms with Crippen molar-refractivity contribution in [3.05, 3.63) is 28.8 Å². The van der Waals surface area contributed by atoms with Crippen LogP contribution in [0.3, 0.4) is 0 Å². The number of thioether (sulfide) groups is 1. The van der Waals surface area contributed by atoms with Crippen molar-refractivity contribution in [1.82, 2.24) is 16.2 Å². The van der Waals surface area contributed by atoms with Crippen molar-refractivity contribution in [1.29, 1.82) is 5.41 Å². The van der Waals surface area contributed by atoms with E-state index in [9.17, 15) is 4.79 Å². The van der Waals surface area contributed by atoms with Crippen LogP contribution >= 0.6 is 23.4 Å². The smallest absolute Gasteiger partial charge is 0.230 e. The highest BCUT2D eigenvalue weighted by molar-refractivity contribution is 8.14. The van der Waals surface area contributed by atoms with E-state index in [-0.39, 0.29) is 35.8 Å². The summed E-state index contributed by atoms with van der Waals surface area (Å²) in [7, 11) is 0. The second-order valence-corrected chi connectivity index (χ2v) is 8.66. The van der Waals surface area contributed by atoms with Gasteiger partial charge >= 0.3 is 0 Å². The summed E-state index contributed by atoms with van der Waals surface area (Å²) in [4.78, 5) is 18.9. The predicted octanol–water partition coefficient (Wildman–Crippen LogP) is 2.89. The Morgan fingerprint density at radius 3 is 2.93 bits per heavy atom. The third-order valence-corrected chi connectivity index (χ3v) is 6.29. The zero-order valence-electron chi connectivity index (χ0n) is 16.5. The van der Waals surface area contributed by atoms with E-state index >= 15 is 0 Å². The molecule has 9 heteroatoms. The van der Waals surface area contributed by atoms with E-state index in [1.54, 1.807) is 0 Å². The number of nitrogens with one attached hydrogen (secondary N) is 4. The minimum Gasteiger partial charge on any atom is -0.353 e. The molecular weight excluding hydrogens is 396 g/mol. The number of amides is 1. The molecule has 0 aliphatic carbocycles. The second kappa shape index (κ2) is 8.82. The molecule has 2 aliphatic heterocycles. The summed E-state index contributed by atoms with van der Waals surface area (Å²) in [5.74, 6) is 0.550. The van der Waals surface area contributed by atoms with Crippen LogP contribution in [0.2, 0.25) is 5.02 Å². The Balaban J connectivity index is 1.89. The van der Waals surface area contributed by atoms with Gasteiger partial charge in [0, 0.05) is 17.1 Å². The van der Waals surface area contributed by atoms with Crippen LogP contribution in [-0.2, 0) is 4.79 Å². The largest absolute Gasteiger partial charge is 0.353 e. The Hall–Kier alpha value is -1.61. The average molecular weight is 423 g/mol. The lowest BCUT2D eigenvalue weighted by Gasteiger charge is -2.36. The highest BCUT2D eigenvalue weighted by Crippen LogP contribution is 2.34. The Kier molecular flexibility index (Phi) is 6.65. The molecule has 1 saturated heterocycles. The lowest BCUT2D eigenvalue weighted by atomic mass is 9.96. The number of amidine groups is 2. The van der Waals surface area contributed by atoms with E-state index in [0.717, 1.165) is 17.7 Å². The minimum absolute atomic E-state index is 0.0376. The normalized spacial score (nSPS) is 25.3. The van der Waals surface area contributed by atoms with Crippen molar-refractivity contribution >= 4 is 46.0 Å². The number of fused-ring (bicyclic) bond motifs is 1. The molecule has 1 aromatic rings. The SMILES string of the molecule is CCC(C)NC(=O)CSC1=NC2NNC(C)C2C(=N)N1c1cc(Cl)ccc1C. The number of carbonyl (C=O) groups excluding carboxylic acids is 1. The molecule has 4 unspecified atom stereocenters. The van der Waals surface area contributed by atoms with Gasteiger partial charge in [-0.15, -0.1) is 0 Å². The zero-order valence-corrected chi connectivity index (χ0v) is 18.1. The molecule has 0 spiro atoms. The van der Waals surface area contributed by atoms with Gasteiger partial charge in [-0.3, -0.25) is 20.5 Å². The van der Waals surface area contributed by atoms with Crippen LogP contribution in [0, 0.1) is 18.3 Å². The van der Waals surface area contributed by atoms with Crippen LogP contribution in [-0.4, -0.2) is 40.9 Å². The molecule has 7 nitrogen and oxygen atoms in total. The fourth-order valence-electron chi connectivity index (χ4n) is 3.30. The summed E-state index contributed by atoms with van der Waals surface area (Å²) in [5.41, 5.74) is 8.14. The molecule has 2 aliphatic rings. The van der Waals surface area contributed by atoms with Gasteiger partial charge in [-0.2, -0.15) is 0 Å². The van der Waals surface area contributed by atoms with Crippen LogP contribution in [0.15, 0.2) is 23.2 Å². The number of nitrogens with zero attached hydrogens (tertiary/aromatic N) is 2. The Morgan fingerprint density at radius 1 is 1.46 bits per heavy atom. The fourth-order valence-corrected chi connectivity index (χ4v) is 4.33. The van der Waals surface area contributed by atoms with Crippen molar-refractivity contribution in [2.24, 2.45) is 10.9 Å². The van der Waals surface area contributed by atoms with Crippen molar-refractivity contribution in [3.63, 3.8) is 0 Å². The number of aliphatic imine (C=N–C) groups is 1. The van der Waals surface area contributed by atoms with Crippen LogP contribution in [0.1, 0.15) is 32.8 Å². The van der Waals surface area contributed by atoms with Crippen molar-refractivity contribution in [3.8, 4) is 0 Å². The number of halogens is 1. The molecule has 4 N–H and O–H groups in total. The molecule has 0 bridgehead atoms. The number of benzene rings is 1. The molecule has 1 amide bonds. The first-order chi connectivity index (χ1) is 13.3. The molecular formula is C19H27ClN6OS. The molecule has 1 aromatic carbocycles. The molecule has 152 valence electrons. The number of rotatable bonds is 5. The molecule has 0 radical (unpaired) electrons. The highest BCUT2D eigenvalue weighted by Gasteiger charge is 2.44. The first kappa shape index (κ1) is 21.1. The molecule has 0 saturated carbocycles. The van der Waals surface area contributed by atoms with Gasteiger partial charge in [-0.25, -0.2) is 10.4 Å². The summed E-state index contributed by atoms with van der Waals surface area (Å²) in [5, 5.41) is 13.1. The Morgan fingerprint density at radius 2 is 2.21 bits per heavy atom. The third-order valence-electron chi connectivity index (χ3n) is 5.10. The topological polar surface area (TPSA) is 92.6 Å². The molecule has 4 atom stereocenters. The van der Waals surface area contributed by atoms with E-state index in [1.165, 1.54) is 11.8 Å². The fraction of sp³-hybridized carbons (Fsp3) is 0.526. The Labute approximate surface area is 175 Å². The molecule has 2 heterocycles. The summed E-state index contributed by atoms with van der Waals surface area (Å²) < 4.78 is 0. The minimum atomic E-state index is -0.224. The van der Waals surface area contributed by atoms with E-state index in [4.69, 9.17) is 22.0 Å². The maximum atomic E-state index is 12.3. The number of hydrogen-bond donors (Lipinski definition) is 4. The van der Waals surface area contributed by atoms with Crippen LogP contribution in [0.25, 0.3) is 0 Å². The first-order valence-corrected chi connectivity index (χ1v) is 10.8. The van der Waals surface area contributed by atoms with Gasteiger partial charge in [0.15, 0.2) is 5.17 Å². The lowest BCUT2D eigenvalue weighted by molar-refractivity contribution is -0.119. The van der Waals surface area contributed by atoms with Crippen molar-refractivity contribution in [2.45, 2.75) is 52.4 Å². The molecule has 3 rings (SSSR count). The predicted molar refractivity (Wildman–Crippen MR) is 117 cm³/mol. The van der Waals surface area contributed by atoms with Gasteiger partial charge in [-0.05, 0) is 44.9 Å².